The topological polar surface area (TPSA) is 54.2 Å². The highest BCUT2D eigenvalue weighted by Gasteiger charge is 1.97. The van der Waals surface area contributed by atoms with Crippen LogP contribution in [0, 0.1) is 0 Å². The first-order chi connectivity index (χ1) is 10.4. The van der Waals surface area contributed by atoms with Crippen LogP contribution < -0.4 is 10.6 Å². The van der Waals surface area contributed by atoms with E-state index in [4.69, 9.17) is 0 Å². The predicted molar refractivity (Wildman–Crippen MR) is 102 cm³/mol. The highest BCUT2D eigenvalue weighted by molar-refractivity contribution is 14.0. The number of aliphatic imine (C=N–C) groups is 1. The van der Waals surface area contributed by atoms with Crippen molar-refractivity contribution in [1.29, 1.82) is 0 Å². The zero-order valence-corrected chi connectivity index (χ0v) is 15.2. The predicted octanol–water partition coefficient (Wildman–Crippen LogP) is 2.30. The van der Waals surface area contributed by atoms with Gasteiger partial charge in [-0.15, -0.1) is 24.0 Å². The van der Waals surface area contributed by atoms with Crippen LogP contribution in [0.5, 0.6) is 0 Å². The van der Waals surface area contributed by atoms with Gasteiger partial charge in [0, 0.05) is 38.6 Å². The molecule has 0 fully saturated rings. The summed E-state index contributed by atoms with van der Waals surface area (Å²) in [6, 6.07) is 10.4. The normalized spacial score (nSPS) is 10.9. The Labute approximate surface area is 149 Å². The SMILES string of the molecule is CCNC(=NCCc1ccccc1)NCCn1ccnc1.I. The van der Waals surface area contributed by atoms with Crippen molar-refractivity contribution >= 4 is 29.9 Å². The van der Waals surface area contributed by atoms with Gasteiger partial charge in [0.05, 0.1) is 6.33 Å². The molecular formula is C16H24IN5. The van der Waals surface area contributed by atoms with Crippen LogP contribution in [-0.2, 0) is 13.0 Å². The third-order valence-corrected chi connectivity index (χ3v) is 3.08. The summed E-state index contributed by atoms with van der Waals surface area (Å²) in [6.07, 6.45) is 6.53. The number of nitrogens with zero attached hydrogens (tertiary/aromatic N) is 3. The Morgan fingerprint density at radius 2 is 2.05 bits per heavy atom. The summed E-state index contributed by atoms with van der Waals surface area (Å²) in [5.41, 5.74) is 1.32. The molecule has 2 aromatic rings. The van der Waals surface area contributed by atoms with Gasteiger partial charge in [0.2, 0.25) is 0 Å². The Morgan fingerprint density at radius 1 is 1.23 bits per heavy atom. The molecule has 0 unspecified atom stereocenters. The first-order valence-corrected chi connectivity index (χ1v) is 7.40. The second-order valence-electron chi connectivity index (χ2n) is 4.72. The van der Waals surface area contributed by atoms with Crippen LogP contribution in [0.1, 0.15) is 12.5 Å². The quantitative estimate of drug-likeness (QED) is 0.416. The number of nitrogens with one attached hydrogen (secondary N) is 2. The zero-order valence-electron chi connectivity index (χ0n) is 12.9. The molecule has 5 nitrogen and oxygen atoms in total. The average molecular weight is 413 g/mol. The Kier molecular flexibility index (Phi) is 9.29. The molecule has 2 N–H and O–H groups in total. The summed E-state index contributed by atoms with van der Waals surface area (Å²) in [4.78, 5) is 8.63. The van der Waals surface area contributed by atoms with Crippen molar-refractivity contribution in [2.45, 2.75) is 19.9 Å². The van der Waals surface area contributed by atoms with E-state index in [1.54, 1.807) is 6.20 Å². The van der Waals surface area contributed by atoms with Crippen LogP contribution in [0.2, 0.25) is 0 Å². The minimum absolute atomic E-state index is 0. The van der Waals surface area contributed by atoms with E-state index in [-0.39, 0.29) is 24.0 Å². The Balaban J connectivity index is 0.00000242. The smallest absolute Gasteiger partial charge is 0.191 e. The summed E-state index contributed by atoms with van der Waals surface area (Å²) in [5, 5.41) is 6.60. The fourth-order valence-corrected chi connectivity index (χ4v) is 2.01. The molecule has 0 radical (unpaired) electrons. The fraction of sp³-hybridized carbons (Fsp3) is 0.375. The zero-order chi connectivity index (χ0) is 14.8. The summed E-state index contributed by atoms with van der Waals surface area (Å²) in [7, 11) is 0. The van der Waals surface area contributed by atoms with Crippen molar-refractivity contribution in [3.63, 3.8) is 0 Å². The molecule has 0 spiro atoms. The third-order valence-electron chi connectivity index (χ3n) is 3.08. The monoisotopic (exact) mass is 413 g/mol. The fourth-order valence-electron chi connectivity index (χ4n) is 2.01. The molecule has 1 aromatic heterocycles. The first kappa shape index (κ1) is 18.5. The number of rotatable bonds is 7. The summed E-state index contributed by atoms with van der Waals surface area (Å²) < 4.78 is 2.04. The molecule has 0 saturated heterocycles. The molecule has 2 rings (SSSR count). The van der Waals surface area contributed by atoms with Gasteiger partial charge < -0.3 is 15.2 Å². The van der Waals surface area contributed by atoms with Crippen LogP contribution >= 0.6 is 24.0 Å². The average Bonchev–Trinajstić information content (AvgIpc) is 3.02. The number of hydrogen-bond acceptors (Lipinski definition) is 2. The molecule has 0 amide bonds. The minimum atomic E-state index is 0. The number of hydrogen-bond donors (Lipinski definition) is 2. The number of benzene rings is 1. The maximum atomic E-state index is 4.60. The first-order valence-electron chi connectivity index (χ1n) is 7.40. The van der Waals surface area contributed by atoms with Gasteiger partial charge in [-0.05, 0) is 18.9 Å². The number of aromatic nitrogens is 2. The van der Waals surface area contributed by atoms with Crippen molar-refractivity contribution in [2.24, 2.45) is 4.99 Å². The molecule has 1 heterocycles. The van der Waals surface area contributed by atoms with Crippen molar-refractivity contribution in [2.75, 3.05) is 19.6 Å². The largest absolute Gasteiger partial charge is 0.357 e. The Bertz CT molecular complexity index is 525. The second-order valence-corrected chi connectivity index (χ2v) is 4.72. The third kappa shape index (κ3) is 6.93. The molecule has 120 valence electrons. The molecule has 0 bridgehead atoms. The van der Waals surface area contributed by atoms with Crippen molar-refractivity contribution < 1.29 is 0 Å². The van der Waals surface area contributed by atoms with Crippen LogP contribution in [0.4, 0.5) is 0 Å². The van der Waals surface area contributed by atoms with E-state index in [0.717, 1.165) is 38.6 Å². The van der Waals surface area contributed by atoms with Gasteiger partial charge in [-0.2, -0.15) is 0 Å². The van der Waals surface area contributed by atoms with Gasteiger partial charge in [-0.3, -0.25) is 4.99 Å². The van der Waals surface area contributed by atoms with E-state index < -0.39 is 0 Å². The van der Waals surface area contributed by atoms with Crippen molar-refractivity contribution in [1.82, 2.24) is 20.2 Å². The van der Waals surface area contributed by atoms with Crippen LogP contribution in [0.15, 0.2) is 54.0 Å². The lowest BCUT2D eigenvalue weighted by molar-refractivity contribution is 0.662. The minimum Gasteiger partial charge on any atom is -0.357 e. The standard InChI is InChI=1S/C16H23N5.HI/c1-2-18-16(20-11-13-21-12-10-17-14-21)19-9-8-15-6-4-3-5-7-15;/h3-7,10,12,14H,2,8-9,11,13H2,1H3,(H2,18,19,20);1H. The highest BCUT2D eigenvalue weighted by atomic mass is 127. The van der Waals surface area contributed by atoms with Gasteiger partial charge >= 0.3 is 0 Å². The number of imidazole rings is 1. The molecule has 22 heavy (non-hydrogen) atoms. The van der Waals surface area contributed by atoms with Gasteiger partial charge in [-0.1, -0.05) is 30.3 Å². The highest BCUT2D eigenvalue weighted by Crippen LogP contribution is 1.99. The molecule has 0 atom stereocenters. The van der Waals surface area contributed by atoms with E-state index in [9.17, 15) is 0 Å². The van der Waals surface area contributed by atoms with E-state index in [1.165, 1.54) is 5.56 Å². The van der Waals surface area contributed by atoms with Crippen LogP contribution in [0.25, 0.3) is 0 Å². The maximum absolute atomic E-state index is 4.60. The molecule has 1 aromatic carbocycles. The second kappa shape index (κ2) is 11.1. The molecule has 0 saturated carbocycles. The van der Waals surface area contributed by atoms with Gasteiger partial charge in [0.1, 0.15) is 0 Å². The van der Waals surface area contributed by atoms with Gasteiger partial charge in [-0.25, -0.2) is 4.98 Å². The molecule has 0 aliphatic rings. The lowest BCUT2D eigenvalue weighted by Crippen LogP contribution is -2.39. The Morgan fingerprint density at radius 3 is 2.73 bits per heavy atom. The maximum Gasteiger partial charge on any atom is 0.191 e. The Hall–Kier alpha value is -1.57. The number of halogens is 1. The number of guanidine groups is 1. The molecule has 0 aliphatic carbocycles. The summed E-state index contributed by atoms with van der Waals surface area (Å²) >= 11 is 0. The summed E-state index contributed by atoms with van der Waals surface area (Å²) in [5.74, 6) is 0.869. The van der Waals surface area contributed by atoms with E-state index in [2.05, 4.69) is 51.8 Å². The lowest BCUT2D eigenvalue weighted by Gasteiger charge is -2.11. The lowest BCUT2D eigenvalue weighted by atomic mass is 10.2. The summed E-state index contributed by atoms with van der Waals surface area (Å²) in [6.45, 7) is 5.42. The van der Waals surface area contributed by atoms with Crippen LogP contribution in [-0.4, -0.2) is 35.1 Å². The van der Waals surface area contributed by atoms with E-state index >= 15 is 0 Å². The molecule has 0 aliphatic heterocycles. The van der Waals surface area contributed by atoms with E-state index in [1.807, 2.05) is 23.2 Å². The molecular weight excluding hydrogens is 389 g/mol. The van der Waals surface area contributed by atoms with Crippen molar-refractivity contribution in [3.8, 4) is 0 Å². The van der Waals surface area contributed by atoms with Crippen LogP contribution in [0.3, 0.4) is 0 Å². The van der Waals surface area contributed by atoms with Gasteiger partial charge in [0.25, 0.3) is 0 Å². The molecule has 6 heteroatoms. The van der Waals surface area contributed by atoms with Crippen molar-refractivity contribution in [3.05, 3.63) is 54.6 Å². The van der Waals surface area contributed by atoms with E-state index in [0.29, 0.717) is 0 Å². The van der Waals surface area contributed by atoms with Gasteiger partial charge in [0.15, 0.2) is 5.96 Å².